The van der Waals surface area contributed by atoms with Gasteiger partial charge in [-0.3, -0.25) is 9.59 Å². The van der Waals surface area contributed by atoms with Crippen LogP contribution < -0.4 is 10.1 Å². The topological polar surface area (TPSA) is 75.6 Å². The molecule has 0 saturated heterocycles. The van der Waals surface area contributed by atoms with E-state index in [0.29, 0.717) is 24.3 Å². The van der Waals surface area contributed by atoms with Gasteiger partial charge in [0.15, 0.2) is 0 Å². The van der Waals surface area contributed by atoms with Crippen LogP contribution in [0.4, 0.5) is 0 Å². The molecule has 1 aromatic rings. The van der Waals surface area contributed by atoms with E-state index < -0.39 is 5.97 Å². The smallest absolute Gasteiger partial charge is 0.306 e. The molecule has 1 saturated carbocycles. The molecular formula is C16H21NO4. The van der Waals surface area contributed by atoms with Crippen LogP contribution in [0.1, 0.15) is 36.0 Å². The minimum Gasteiger partial charge on any atom is -0.497 e. The summed E-state index contributed by atoms with van der Waals surface area (Å²) in [7, 11) is 1.55. The molecule has 1 aliphatic carbocycles. The van der Waals surface area contributed by atoms with E-state index in [9.17, 15) is 14.7 Å². The first-order chi connectivity index (χ1) is 10.1. The van der Waals surface area contributed by atoms with Gasteiger partial charge in [0.1, 0.15) is 5.75 Å². The van der Waals surface area contributed by atoms with Gasteiger partial charge >= 0.3 is 5.97 Å². The molecule has 1 aromatic carbocycles. The normalized spacial score (nSPS) is 21.6. The van der Waals surface area contributed by atoms with E-state index in [4.69, 9.17) is 4.74 Å². The van der Waals surface area contributed by atoms with E-state index in [-0.39, 0.29) is 17.7 Å². The summed E-state index contributed by atoms with van der Waals surface area (Å²) in [6.45, 7) is 0.410. The van der Waals surface area contributed by atoms with Gasteiger partial charge in [-0.2, -0.15) is 0 Å². The highest BCUT2D eigenvalue weighted by Gasteiger charge is 2.30. The molecule has 5 heteroatoms. The number of ether oxygens (including phenoxy) is 1. The lowest BCUT2D eigenvalue weighted by Crippen LogP contribution is -2.37. The van der Waals surface area contributed by atoms with Gasteiger partial charge in [-0.15, -0.1) is 0 Å². The summed E-state index contributed by atoms with van der Waals surface area (Å²) in [5, 5.41) is 12.1. The molecule has 0 bridgehead atoms. The number of aliphatic carboxylic acids is 1. The highest BCUT2D eigenvalue weighted by Crippen LogP contribution is 2.29. The van der Waals surface area contributed by atoms with Gasteiger partial charge < -0.3 is 15.2 Å². The van der Waals surface area contributed by atoms with Crippen molar-refractivity contribution in [2.24, 2.45) is 11.8 Å². The Labute approximate surface area is 124 Å². The SMILES string of the molecule is COc1cccc(C(=O)NC[C@@H]2CCCC[C@@H]2C(=O)O)c1. The van der Waals surface area contributed by atoms with E-state index in [1.165, 1.54) is 0 Å². The number of carboxylic acid groups (broad SMARTS) is 1. The fourth-order valence-corrected chi connectivity index (χ4v) is 2.87. The van der Waals surface area contributed by atoms with Crippen LogP contribution >= 0.6 is 0 Å². The Kier molecular flexibility index (Phi) is 5.20. The van der Waals surface area contributed by atoms with Crippen LogP contribution in [0.5, 0.6) is 5.75 Å². The molecule has 2 rings (SSSR count). The summed E-state index contributed by atoms with van der Waals surface area (Å²) >= 11 is 0. The third-order valence-electron chi connectivity index (χ3n) is 4.08. The molecular weight excluding hydrogens is 270 g/mol. The standard InChI is InChI=1S/C16H21NO4/c1-21-13-7-4-6-11(9-13)15(18)17-10-12-5-2-3-8-14(12)16(19)20/h4,6-7,9,12,14H,2-3,5,8,10H2,1H3,(H,17,18)(H,19,20)/t12-,14-/m0/s1. The first kappa shape index (κ1) is 15.4. The zero-order chi connectivity index (χ0) is 15.2. The van der Waals surface area contributed by atoms with Crippen molar-refractivity contribution in [3.63, 3.8) is 0 Å². The molecule has 1 amide bonds. The van der Waals surface area contributed by atoms with Crippen LogP contribution in [0.3, 0.4) is 0 Å². The Hall–Kier alpha value is -2.04. The molecule has 0 unspecified atom stereocenters. The van der Waals surface area contributed by atoms with Crippen LogP contribution in [0, 0.1) is 11.8 Å². The van der Waals surface area contributed by atoms with Gasteiger partial charge in [0.2, 0.25) is 0 Å². The zero-order valence-electron chi connectivity index (χ0n) is 12.2. The minimum atomic E-state index is -0.754. The van der Waals surface area contributed by atoms with Crippen molar-refractivity contribution in [3.05, 3.63) is 29.8 Å². The predicted octanol–water partition coefficient (Wildman–Crippen LogP) is 2.32. The second-order valence-corrected chi connectivity index (χ2v) is 5.43. The van der Waals surface area contributed by atoms with Gasteiger partial charge in [0.25, 0.3) is 5.91 Å². The molecule has 0 aromatic heterocycles. The summed E-state index contributed by atoms with van der Waals surface area (Å²) in [5.41, 5.74) is 0.525. The molecule has 1 fully saturated rings. The molecule has 0 spiro atoms. The molecule has 2 atom stereocenters. The number of methoxy groups -OCH3 is 1. The van der Waals surface area contributed by atoms with E-state index in [1.807, 2.05) is 0 Å². The first-order valence-electron chi connectivity index (χ1n) is 7.27. The molecule has 5 nitrogen and oxygen atoms in total. The maximum Gasteiger partial charge on any atom is 0.306 e. The molecule has 2 N–H and O–H groups in total. The first-order valence-corrected chi connectivity index (χ1v) is 7.27. The van der Waals surface area contributed by atoms with Crippen LogP contribution in [0.25, 0.3) is 0 Å². The Bertz CT molecular complexity index is 515. The number of benzene rings is 1. The Morgan fingerprint density at radius 2 is 2.10 bits per heavy atom. The molecule has 0 radical (unpaired) electrons. The van der Waals surface area contributed by atoms with Crippen LogP contribution in [-0.4, -0.2) is 30.6 Å². The van der Waals surface area contributed by atoms with Gasteiger partial charge in [0, 0.05) is 12.1 Å². The van der Waals surface area contributed by atoms with E-state index in [0.717, 1.165) is 19.3 Å². The summed E-state index contributed by atoms with van der Waals surface area (Å²) in [5.74, 6) is -0.641. The number of nitrogens with one attached hydrogen (secondary N) is 1. The molecule has 0 aliphatic heterocycles. The lowest BCUT2D eigenvalue weighted by atomic mass is 9.79. The van der Waals surface area contributed by atoms with Crippen molar-refractivity contribution in [2.45, 2.75) is 25.7 Å². The Morgan fingerprint density at radius 3 is 2.81 bits per heavy atom. The molecule has 114 valence electrons. The maximum absolute atomic E-state index is 12.1. The van der Waals surface area contributed by atoms with Gasteiger partial charge in [-0.05, 0) is 37.0 Å². The number of rotatable bonds is 5. The number of hydrogen-bond acceptors (Lipinski definition) is 3. The monoisotopic (exact) mass is 291 g/mol. The number of hydrogen-bond donors (Lipinski definition) is 2. The summed E-state index contributed by atoms with van der Waals surface area (Å²) in [4.78, 5) is 23.4. The third-order valence-corrected chi connectivity index (χ3v) is 4.08. The van der Waals surface area contributed by atoms with Crippen molar-refractivity contribution < 1.29 is 19.4 Å². The average Bonchev–Trinajstić information content (AvgIpc) is 2.52. The van der Waals surface area contributed by atoms with Crippen molar-refractivity contribution >= 4 is 11.9 Å². The largest absolute Gasteiger partial charge is 0.497 e. The van der Waals surface area contributed by atoms with Crippen molar-refractivity contribution in [2.75, 3.05) is 13.7 Å². The zero-order valence-corrected chi connectivity index (χ0v) is 12.2. The Balaban J connectivity index is 1.94. The number of carbonyl (C=O) groups is 2. The molecule has 0 heterocycles. The molecule has 21 heavy (non-hydrogen) atoms. The van der Waals surface area contributed by atoms with Crippen molar-refractivity contribution in [3.8, 4) is 5.75 Å². The van der Waals surface area contributed by atoms with Crippen molar-refractivity contribution in [1.29, 1.82) is 0 Å². The quantitative estimate of drug-likeness (QED) is 0.873. The van der Waals surface area contributed by atoms with E-state index in [2.05, 4.69) is 5.32 Å². The van der Waals surface area contributed by atoms with Crippen molar-refractivity contribution in [1.82, 2.24) is 5.32 Å². The Morgan fingerprint density at radius 1 is 1.33 bits per heavy atom. The van der Waals surface area contributed by atoms with Gasteiger partial charge in [0.05, 0.1) is 13.0 Å². The van der Waals surface area contributed by atoms with Crippen LogP contribution in [0.2, 0.25) is 0 Å². The summed E-state index contributed by atoms with van der Waals surface area (Å²) < 4.78 is 5.09. The second kappa shape index (κ2) is 7.11. The highest BCUT2D eigenvalue weighted by molar-refractivity contribution is 5.94. The van der Waals surface area contributed by atoms with E-state index in [1.54, 1.807) is 31.4 Å². The fraction of sp³-hybridized carbons (Fsp3) is 0.500. The summed E-state index contributed by atoms with van der Waals surface area (Å²) in [6, 6.07) is 6.92. The third kappa shape index (κ3) is 3.97. The number of carbonyl (C=O) groups excluding carboxylic acids is 1. The lowest BCUT2D eigenvalue weighted by molar-refractivity contribution is -0.144. The van der Waals surface area contributed by atoms with Gasteiger partial charge in [-0.1, -0.05) is 18.9 Å². The minimum absolute atomic E-state index is 0.0193. The highest BCUT2D eigenvalue weighted by atomic mass is 16.5. The van der Waals surface area contributed by atoms with Gasteiger partial charge in [-0.25, -0.2) is 0 Å². The van der Waals surface area contributed by atoms with Crippen LogP contribution in [0.15, 0.2) is 24.3 Å². The summed E-state index contributed by atoms with van der Waals surface area (Å²) in [6.07, 6.45) is 3.55. The molecule has 1 aliphatic rings. The maximum atomic E-state index is 12.1. The average molecular weight is 291 g/mol. The number of carboxylic acids is 1. The van der Waals surface area contributed by atoms with E-state index >= 15 is 0 Å². The second-order valence-electron chi connectivity index (χ2n) is 5.43. The fourth-order valence-electron chi connectivity index (χ4n) is 2.87. The number of amides is 1. The predicted molar refractivity (Wildman–Crippen MR) is 78.4 cm³/mol. The lowest BCUT2D eigenvalue weighted by Gasteiger charge is -2.28. The van der Waals surface area contributed by atoms with Crippen LogP contribution in [-0.2, 0) is 4.79 Å².